The molecule has 2 fully saturated rings. The van der Waals surface area contributed by atoms with E-state index in [9.17, 15) is 19.2 Å². The molecular weight excluding hydrogens is 316 g/mol. The van der Waals surface area contributed by atoms with Crippen LogP contribution in [0.1, 0.15) is 52.4 Å². The number of rotatable bonds is 8. The minimum atomic E-state index is -0.521. The number of likely N-dealkylation sites (tertiary alicyclic amines) is 2. The lowest BCUT2D eigenvalue weighted by Gasteiger charge is -2.16. The summed E-state index contributed by atoms with van der Waals surface area (Å²) in [6, 6.07) is 0. The fourth-order valence-corrected chi connectivity index (χ4v) is 4.18. The third-order valence-electron chi connectivity index (χ3n) is 4.20. The minimum Gasteiger partial charge on any atom is -0.282 e. The van der Waals surface area contributed by atoms with Crippen molar-refractivity contribution in [1.82, 2.24) is 9.80 Å². The van der Waals surface area contributed by atoms with Crippen molar-refractivity contribution in [2.24, 2.45) is 0 Å². The molecule has 2 rings (SSSR count). The topological polar surface area (TPSA) is 74.8 Å². The van der Waals surface area contributed by atoms with Gasteiger partial charge in [0, 0.05) is 25.9 Å². The first-order valence-corrected chi connectivity index (χ1v) is 9.27. The van der Waals surface area contributed by atoms with Gasteiger partial charge in [-0.2, -0.15) is 0 Å². The van der Waals surface area contributed by atoms with Gasteiger partial charge in [-0.25, -0.2) is 0 Å². The molecule has 2 saturated heterocycles. The third kappa shape index (κ3) is 3.94. The second-order valence-corrected chi connectivity index (χ2v) is 7.41. The Hall–Kier alpha value is -1.37. The molecule has 4 amide bonds. The molecule has 128 valence electrons. The minimum absolute atomic E-state index is 0.139. The number of amides is 4. The van der Waals surface area contributed by atoms with Crippen molar-refractivity contribution in [1.29, 1.82) is 0 Å². The van der Waals surface area contributed by atoms with Gasteiger partial charge >= 0.3 is 0 Å². The molecule has 7 heteroatoms. The normalized spacial score (nSPS) is 25.1. The molecule has 0 radical (unpaired) electrons. The number of unbranched alkanes of at least 4 members (excludes halogenated alkanes) is 2. The summed E-state index contributed by atoms with van der Waals surface area (Å²) in [5.41, 5.74) is 0. The van der Waals surface area contributed by atoms with Crippen molar-refractivity contribution in [2.45, 2.75) is 62.9 Å². The van der Waals surface area contributed by atoms with Crippen LogP contribution in [0.2, 0.25) is 0 Å². The lowest BCUT2D eigenvalue weighted by molar-refractivity contribution is -0.139. The van der Waals surface area contributed by atoms with Gasteiger partial charge in [0.2, 0.25) is 23.6 Å². The van der Waals surface area contributed by atoms with E-state index in [0.29, 0.717) is 13.1 Å². The van der Waals surface area contributed by atoms with Crippen LogP contribution >= 0.6 is 11.8 Å². The fraction of sp³-hybridized carbons (Fsp3) is 0.750. The Morgan fingerprint density at radius 3 is 1.57 bits per heavy atom. The lowest BCUT2D eigenvalue weighted by Crippen LogP contribution is -2.34. The van der Waals surface area contributed by atoms with E-state index >= 15 is 0 Å². The van der Waals surface area contributed by atoms with Crippen LogP contribution in [0.5, 0.6) is 0 Å². The van der Waals surface area contributed by atoms with Gasteiger partial charge in [-0.3, -0.25) is 29.0 Å². The number of nitrogens with zero attached hydrogens (tertiary/aromatic N) is 2. The van der Waals surface area contributed by atoms with Crippen LogP contribution in [0, 0.1) is 0 Å². The number of thioether (sulfide) groups is 1. The third-order valence-corrected chi connectivity index (χ3v) is 5.60. The van der Waals surface area contributed by atoms with E-state index in [1.165, 1.54) is 21.6 Å². The molecule has 2 heterocycles. The Morgan fingerprint density at radius 1 is 0.826 bits per heavy atom. The molecule has 23 heavy (non-hydrogen) atoms. The van der Waals surface area contributed by atoms with Crippen molar-refractivity contribution >= 4 is 35.4 Å². The highest BCUT2D eigenvalue weighted by Gasteiger charge is 2.45. The maximum atomic E-state index is 12.3. The highest BCUT2D eigenvalue weighted by atomic mass is 32.2. The van der Waals surface area contributed by atoms with E-state index in [0.717, 1.165) is 25.7 Å². The second-order valence-electron chi connectivity index (χ2n) is 6.00. The van der Waals surface area contributed by atoms with Gasteiger partial charge in [0.1, 0.15) is 0 Å². The van der Waals surface area contributed by atoms with Gasteiger partial charge in [-0.1, -0.05) is 26.7 Å². The predicted octanol–water partition coefficient (Wildman–Crippen LogP) is 1.57. The van der Waals surface area contributed by atoms with E-state index in [4.69, 9.17) is 0 Å². The van der Waals surface area contributed by atoms with Gasteiger partial charge in [-0.05, 0) is 12.8 Å². The van der Waals surface area contributed by atoms with Gasteiger partial charge in [0.15, 0.2) is 0 Å². The molecule has 2 atom stereocenters. The van der Waals surface area contributed by atoms with Gasteiger partial charge < -0.3 is 0 Å². The van der Waals surface area contributed by atoms with Crippen LogP contribution in [-0.4, -0.2) is 57.0 Å². The Labute approximate surface area is 140 Å². The van der Waals surface area contributed by atoms with Crippen molar-refractivity contribution < 1.29 is 19.2 Å². The summed E-state index contributed by atoms with van der Waals surface area (Å²) in [5, 5.41) is -1.04. The summed E-state index contributed by atoms with van der Waals surface area (Å²) in [6.07, 6.45) is 3.69. The lowest BCUT2D eigenvalue weighted by atomic mass is 10.3. The fourth-order valence-electron chi connectivity index (χ4n) is 2.82. The molecule has 0 aromatic carbocycles. The summed E-state index contributed by atoms with van der Waals surface area (Å²) < 4.78 is 0. The molecule has 0 N–H and O–H groups in total. The average Bonchev–Trinajstić information content (AvgIpc) is 2.93. The number of hydrogen-bond donors (Lipinski definition) is 0. The van der Waals surface area contributed by atoms with E-state index in [1.807, 2.05) is 13.8 Å². The van der Waals surface area contributed by atoms with Crippen molar-refractivity contribution in [2.75, 3.05) is 13.1 Å². The zero-order chi connectivity index (χ0) is 17.0. The zero-order valence-electron chi connectivity index (χ0n) is 13.7. The van der Waals surface area contributed by atoms with Crippen LogP contribution in [-0.2, 0) is 19.2 Å². The molecular formula is C16H24N2O4S. The van der Waals surface area contributed by atoms with Crippen LogP contribution in [0.4, 0.5) is 0 Å². The molecule has 0 aromatic heterocycles. The Morgan fingerprint density at radius 2 is 1.22 bits per heavy atom. The van der Waals surface area contributed by atoms with Crippen molar-refractivity contribution in [3.63, 3.8) is 0 Å². The smallest absolute Gasteiger partial charge is 0.242 e. The Balaban J connectivity index is 1.95. The van der Waals surface area contributed by atoms with Crippen LogP contribution in [0.15, 0.2) is 0 Å². The number of carbonyl (C=O) groups excluding carboxylic acids is 4. The monoisotopic (exact) mass is 340 g/mol. The first kappa shape index (κ1) is 18.0. The first-order chi connectivity index (χ1) is 11.0. The first-order valence-electron chi connectivity index (χ1n) is 8.33. The van der Waals surface area contributed by atoms with E-state index in [2.05, 4.69) is 0 Å². The maximum absolute atomic E-state index is 12.3. The highest BCUT2D eigenvalue weighted by molar-refractivity contribution is 8.02. The van der Waals surface area contributed by atoms with Gasteiger partial charge in [0.05, 0.1) is 10.5 Å². The number of imide groups is 2. The molecule has 2 unspecified atom stereocenters. The van der Waals surface area contributed by atoms with Crippen LogP contribution < -0.4 is 0 Å². The summed E-state index contributed by atoms with van der Waals surface area (Å²) in [5.74, 6) is -0.748. The summed E-state index contributed by atoms with van der Waals surface area (Å²) in [4.78, 5) is 51.2. The summed E-state index contributed by atoms with van der Waals surface area (Å²) in [7, 11) is 0. The molecule has 2 aliphatic rings. The van der Waals surface area contributed by atoms with Crippen LogP contribution in [0.3, 0.4) is 0 Å². The van der Waals surface area contributed by atoms with Crippen molar-refractivity contribution in [3.05, 3.63) is 0 Å². The zero-order valence-corrected chi connectivity index (χ0v) is 14.6. The molecule has 0 aromatic rings. The average molecular weight is 340 g/mol. The van der Waals surface area contributed by atoms with E-state index < -0.39 is 10.5 Å². The molecule has 0 bridgehead atoms. The molecule has 0 saturated carbocycles. The van der Waals surface area contributed by atoms with Gasteiger partial charge in [-0.15, -0.1) is 11.8 Å². The SMILES string of the molecule is CCCCN1C(=O)CC(SC2CC(=O)N(CCCC)C2=O)C1=O. The van der Waals surface area contributed by atoms with E-state index in [1.54, 1.807) is 0 Å². The highest BCUT2D eigenvalue weighted by Crippen LogP contribution is 2.34. The molecule has 0 spiro atoms. The van der Waals surface area contributed by atoms with E-state index in [-0.39, 0.29) is 36.5 Å². The Kier molecular flexibility index (Phi) is 6.21. The standard InChI is InChI=1S/C16H24N2O4S/c1-3-5-7-17-13(19)9-11(15(17)21)23-12-10-14(20)18(16(12)22)8-6-4-2/h11-12H,3-10H2,1-2H3. The molecule has 6 nitrogen and oxygen atoms in total. The number of carbonyl (C=O) groups is 4. The largest absolute Gasteiger partial charge is 0.282 e. The summed E-state index contributed by atoms with van der Waals surface area (Å²) in [6.45, 7) is 4.91. The quantitative estimate of drug-likeness (QED) is 0.627. The van der Waals surface area contributed by atoms with Crippen molar-refractivity contribution in [3.8, 4) is 0 Å². The molecule has 0 aliphatic carbocycles. The van der Waals surface area contributed by atoms with Crippen LogP contribution in [0.25, 0.3) is 0 Å². The van der Waals surface area contributed by atoms with Gasteiger partial charge in [0.25, 0.3) is 0 Å². The Bertz CT molecular complexity index is 464. The summed E-state index contributed by atoms with van der Waals surface area (Å²) >= 11 is 1.19. The number of hydrogen-bond acceptors (Lipinski definition) is 5. The predicted molar refractivity (Wildman–Crippen MR) is 87.7 cm³/mol. The maximum Gasteiger partial charge on any atom is 0.242 e. The molecule has 2 aliphatic heterocycles. The second kappa shape index (κ2) is 7.95.